The monoisotopic (exact) mass is 643 g/mol. The molecule has 2 aliphatic carbocycles. The van der Waals surface area contributed by atoms with Crippen molar-refractivity contribution in [2.24, 2.45) is 22.7 Å². The van der Waals surface area contributed by atoms with Crippen molar-refractivity contribution in [2.75, 3.05) is 25.1 Å². The van der Waals surface area contributed by atoms with Crippen LogP contribution in [-0.2, 0) is 30.4 Å². The van der Waals surface area contributed by atoms with Gasteiger partial charge in [0.2, 0.25) is 17.6 Å². The highest BCUT2D eigenvalue weighted by atomic mass is 32.2. The van der Waals surface area contributed by atoms with E-state index in [1.165, 1.54) is 4.90 Å². The number of terminal acetylenes is 2. The second kappa shape index (κ2) is 14.5. The van der Waals surface area contributed by atoms with Gasteiger partial charge in [0.05, 0.1) is 24.4 Å². The molecule has 1 aliphatic heterocycles. The van der Waals surface area contributed by atoms with Crippen molar-refractivity contribution < 1.29 is 28.5 Å². The summed E-state index contributed by atoms with van der Waals surface area (Å²) in [4.78, 5) is 68.5. The smallest absolute Gasteiger partial charge is 0.316 e. The van der Waals surface area contributed by atoms with Gasteiger partial charge in [-0.1, -0.05) is 71.0 Å². The molecule has 0 aromatic heterocycles. The van der Waals surface area contributed by atoms with E-state index in [0.29, 0.717) is 25.1 Å². The Hall–Kier alpha value is -3.22. The minimum Gasteiger partial charge on any atom is -0.616 e. The van der Waals surface area contributed by atoms with E-state index in [9.17, 15) is 28.5 Å². The Morgan fingerprint density at radius 2 is 1.69 bits per heavy atom. The number of nitrogens with zero attached hydrogens (tertiary/aromatic N) is 1. The largest absolute Gasteiger partial charge is 0.616 e. The van der Waals surface area contributed by atoms with Gasteiger partial charge in [-0.2, -0.15) is 0 Å². The highest BCUT2D eigenvalue weighted by molar-refractivity contribution is 7.90. The van der Waals surface area contributed by atoms with Crippen LogP contribution in [0, 0.1) is 47.4 Å². The van der Waals surface area contributed by atoms with Crippen molar-refractivity contribution in [2.45, 2.75) is 103 Å². The Bertz CT molecular complexity index is 1240. The second-order valence-electron chi connectivity index (χ2n) is 14.4. The van der Waals surface area contributed by atoms with Crippen LogP contribution in [0.15, 0.2) is 0 Å². The van der Waals surface area contributed by atoms with E-state index >= 15 is 0 Å². The minimum atomic E-state index is -1.19. The standard InChI is InChI=1S/C33H49N5O6S/c1-9-11-15-22(25(39)28(41)34-18-10-2)35-27(40)24-23-21(32(23,6)7)19-38(24)29(42)26(31(3,4)5)36-30(43)37-33(20-45(8)44)16-13-12-14-17-33/h1-2,21-24,26H,11-20H2,3-8H3,(H,34,41)(H,35,40)(H2,36,37,43)/t21?,22?,23?,24-,26+,45?/m0/s1. The van der Waals surface area contributed by atoms with Gasteiger partial charge in [0.25, 0.3) is 5.91 Å². The lowest BCUT2D eigenvalue weighted by Gasteiger charge is -2.40. The quantitative estimate of drug-likeness (QED) is 0.143. The van der Waals surface area contributed by atoms with E-state index in [1.54, 1.807) is 6.26 Å². The Morgan fingerprint density at radius 1 is 1.04 bits per heavy atom. The van der Waals surface area contributed by atoms with Gasteiger partial charge < -0.3 is 30.7 Å². The zero-order valence-electron chi connectivity index (χ0n) is 27.4. The van der Waals surface area contributed by atoms with Crippen LogP contribution in [0.1, 0.15) is 79.6 Å². The van der Waals surface area contributed by atoms with Crippen LogP contribution in [0.25, 0.3) is 0 Å². The summed E-state index contributed by atoms with van der Waals surface area (Å²) in [5, 5.41) is 11.0. The Labute approximate surface area is 270 Å². The number of hydrogen-bond donors (Lipinski definition) is 4. The topological polar surface area (TPSA) is 160 Å². The summed E-state index contributed by atoms with van der Waals surface area (Å²) >= 11 is -1.12. The molecule has 1 heterocycles. The molecule has 3 rings (SSSR count). The molecule has 0 bridgehead atoms. The fourth-order valence-corrected chi connectivity index (χ4v) is 8.23. The first-order valence-corrected chi connectivity index (χ1v) is 17.4. The van der Waals surface area contributed by atoms with Gasteiger partial charge in [-0.05, 0) is 41.9 Å². The fraction of sp³-hybridized carbons (Fsp3) is 0.727. The molecule has 248 valence electrons. The summed E-state index contributed by atoms with van der Waals surface area (Å²) in [7, 11) is 0. The predicted molar refractivity (Wildman–Crippen MR) is 173 cm³/mol. The average Bonchev–Trinajstić information content (AvgIpc) is 3.27. The van der Waals surface area contributed by atoms with Gasteiger partial charge in [0, 0.05) is 13.0 Å². The predicted octanol–water partition coefficient (Wildman–Crippen LogP) is 1.48. The number of nitrogens with one attached hydrogen (secondary N) is 4. The summed E-state index contributed by atoms with van der Waals surface area (Å²) in [6.45, 7) is 9.76. The second-order valence-corrected chi connectivity index (χ2v) is 15.8. The van der Waals surface area contributed by atoms with E-state index in [-0.39, 0.29) is 36.6 Å². The van der Waals surface area contributed by atoms with Crippen LogP contribution in [0.2, 0.25) is 0 Å². The number of fused-ring (bicyclic) bond motifs is 1. The zero-order chi connectivity index (χ0) is 33.7. The molecule has 6 atom stereocenters. The van der Waals surface area contributed by atoms with Gasteiger partial charge in [0.1, 0.15) is 17.8 Å². The summed E-state index contributed by atoms with van der Waals surface area (Å²) in [6.07, 6.45) is 16.7. The molecular formula is C33H49N5O6S. The molecule has 4 N–H and O–H groups in total. The van der Waals surface area contributed by atoms with Crippen LogP contribution in [0.5, 0.6) is 0 Å². The molecule has 11 nitrogen and oxygen atoms in total. The number of carbonyl (C=O) groups is 5. The number of urea groups is 1. The Balaban J connectivity index is 1.83. The van der Waals surface area contributed by atoms with Crippen molar-refractivity contribution in [1.82, 2.24) is 26.2 Å². The van der Waals surface area contributed by atoms with Gasteiger partial charge in [-0.3, -0.25) is 19.2 Å². The van der Waals surface area contributed by atoms with E-state index < -0.39 is 69.8 Å². The van der Waals surface area contributed by atoms with Crippen LogP contribution < -0.4 is 21.3 Å². The highest BCUT2D eigenvalue weighted by Crippen LogP contribution is 2.65. The van der Waals surface area contributed by atoms with E-state index in [1.807, 2.05) is 34.6 Å². The number of likely N-dealkylation sites (tertiary alicyclic amines) is 1. The molecular weight excluding hydrogens is 594 g/mol. The highest BCUT2D eigenvalue weighted by Gasteiger charge is 2.70. The Kier molecular flexibility index (Phi) is 11.7. The van der Waals surface area contributed by atoms with Crippen molar-refractivity contribution in [3.8, 4) is 24.7 Å². The molecule has 0 aromatic carbocycles. The molecule has 0 spiro atoms. The summed E-state index contributed by atoms with van der Waals surface area (Å²) in [6, 6.07) is -3.59. The van der Waals surface area contributed by atoms with Crippen molar-refractivity contribution in [3.63, 3.8) is 0 Å². The lowest BCUT2D eigenvalue weighted by Crippen LogP contribution is -2.63. The third-order valence-corrected chi connectivity index (χ3v) is 10.6. The molecule has 5 amide bonds. The summed E-state index contributed by atoms with van der Waals surface area (Å²) in [5.41, 5.74) is -1.54. The molecule has 3 aliphatic rings. The molecule has 2 saturated carbocycles. The minimum absolute atomic E-state index is 0.0410. The Morgan fingerprint density at radius 3 is 2.24 bits per heavy atom. The SMILES string of the molecule is C#CCCC(NC(=O)[C@@H]1C2C(CN1C(=O)[C@@H](NC(=O)NC1(C[S+](C)[O-])CCCCC1)C(C)(C)C)C2(C)C)C(=O)C(=O)NCC#C. The van der Waals surface area contributed by atoms with Gasteiger partial charge >= 0.3 is 6.03 Å². The normalized spacial score (nSPS) is 24.8. The third-order valence-electron chi connectivity index (χ3n) is 9.60. The molecule has 45 heavy (non-hydrogen) atoms. The fourth-order valence-electron chi connectivity index (χ4n) is 7.09. The first kappa shape index (κ1) is 36.3. The van der Waals surface area contributed by atoms with E-state index in [4.69, 9.17) is 12.8 Å². The van der Waals surface area contributed by atoms with Crippen molar-refractivity contribution >= 4 is 40.7 Å². The average molecular weight is 644 g/mol. The number of rotatable bonds is 12. The lowest BCUT2D eigenvalue weighted by atomic mass is 9.83. The molecule has 12 heteroatoms. The van der Waals surface area contributed by atoms with Gasteiger partial charge in [-0.25, -0.2) is 4.79 Å². The molecule has 0 radical (unpaired) electrons. The zero-order valence-corrected chi connectivity index (χ0v) is 28.2. The van der Waals surface area contributed by atoms with Crippen LogP contribution in [-0.4, -0.2) is 87.8 Å². The van der Waals surface area contributed by atoms with E-state index in [2.05, 4.69) is 33.1 Å². The number of amides is 5. The summed E-state index contributed by atoms with van der Waals surface area (Å²) in [5.74, 6) is 2.13. The van der Waals surface area contributed by atoms with Crippen molar-refractivity contribution in [1.29, 1.82) is 0 Å². The summed E-state index contributed by atoms with van der Waals surface area (Å²) < 4.78 is 12.2. The molecule has 1 saturated heterocycles. The number of ketones is 1. The number of piperidine rings is 1. The lowest BCUT2D eigenvalue weighted by molar-refractivity contribution is -0.145. The van der Waals surface area contributed by atoms with Crippen LogP contribution >= 0.6 is 0 Å². The molecule has 0 aromatic rings. The van der Waals surface area contributed by atoms with Crippen LogP contribution in [0.3, 0.4) is 0 Å². The maximum Gasteiger partial charge on any atom is 0.316 e. The van der Waals surface area contributed by atoms with Gasteiger partial charge in [0.15, 0.2) is 0 Å². The number of carbonyl (C=O) groups excluding carboxylic acids is 5. The first-order valence-electron chi connectivity index (χ1n) is 15.7. The van der Waals surface area contributed by atoms with E-state index in [0.717, 1.165) is 19.3 Å². The van der Waals surface area contributed by atoms with Gasteiger partial charge in [-0.15, -0.1) is 18.8 Å². The van der Waals surface area contributed by atoms with Crippen molar-refractivity contribution in [3.05, 3.63) is 0 Å². The maximum atomic E-state index is 14.3. The number of Topliss-reactive ketones (excluding diaryl/α,β-unsaturated/α-hetero) is 1. The first-order chi connectivity index (χ1) is 21.0. The molecule has 3 fully saturated rings. The third kappa shape index (κ3) is 8.53. The number of hydrogen-bond acceptors (Lipinski definition) is 6. The molecule has 4 unspecified atom stereocenters. The maximum absolute atomic E-state index is 14.3. The van der Waals surface area contributed by atoms with Crippen LogP contribution in [0.4, 0.5) is 4.79 Å².